The molecule has 0 aliphatic rings. The Morgan fingerprint density at radius 1 is 1.53 bits per heavy atom. The third-order valence-corrected chi connectivity index (χ3v) is 2.79. The van der Waals surface area contributed by atoms with E-state index >= 15 is 0 Å². The number of carboxylic acid groups (broad SMARTS) is 1. The van der Waals surface area contributed by atoms with Crippen molar-refractivity contribution in [1.29, 1.82) is 0 Å². The predicted molar refractivity (Wildman–Crippen MR) is 66.6 cm³/mol. The molecule has 0 amide bonds. The van der Waals surface area contributed by atoms with Crippen molar-refractivity contribution >= 4 is 17.6 Å². The van der Waals surface area contributed by atoms with E-state index in [0.717, 1.165) is 11.3 Å². The second kappa shape index (κ2) is 6.47. The molecule has 1 N–H and O–H groups in total. The molecule has 0 saturated heterocycles. The zero-order valence-corrected chi connectivity index (χ0v) is 10.7. The van der Waals surface area contributed by atoms with Crippen molar-refractivity contribution in [3.8, 4) is 5.75 Å². The molecule has 1 aromatic rings. The first-order valence-corrected chi connectivity index (χ1v) is 5.64. The molecule has 0 fully saturated rings. The lowest BCUT2D eigenvalue weighted by molar-refractivity contribution is -0.137. The van der Waals surface area contributed by atoms with Gasteiger partial charge in [0.2, 0.25) is 0 Å². The lowest BCUT2D eigenvalue weighted by atomic mass is 10.2. The van der Waals surface area contributed by atoms with E-state index < -0.39 is 5.97 Å². The monoisotopic (exact) mass is 257 g/mol. The smallest absolute Gasteiger partial charge is 0.304 e. The lowest BCUT2D eigenvalue weighted by Gasteiger charge is -2.18. The Morgan fingerprint density at radius 2 is 2.24 bits per heavy atom. The van der Waals surface area contributed by atoms with Gasteiger partial charge in [-0.15, -0.1) is 0 Å². The maximum absolute atomic E-state index is 10.5. The summed E-state index contributed by atoms with van der Waals surface area (Å²) in [6.45, 7) is 1.04. The summed E-state index contributed by atoms with van der Waals surface area (Å²) in [5.41, 5.74) is 0.879. The van der Waals surface area contributed by atoms with Crippen LogP contribution in [0.3, 0.4) is 0 Å². The van der Waals surface area contributed by atoms with Gasteiger partial charge in [0.25, 0.3) is 0 Å². The summed E-state index contributed by atoms with van der Waals surface area (Å²) in [6, 6.07) is 5.46. The Labute approximate surface area is 106 Å². The van der Waals surface area contributed by atoms with E-state index in [9.17, 15) is 4.79 Å². The molecule has 0 heterocycles. The number of aliphatic carboxylic acids is 1. The van der Waals surface area contributed by atoms with Crippen molar-refractivity contribution in [2.75, 3.05) is 20.7 Å². The third-order valence-electron chi connectivity index (χ3n) is 2.43. The molecule has 0 aliphatic carbocycles. The maximum Gasteiger partial charge on any atom is 0.304 e. The Morgan fingerprint density at radius 3 is 2.82 bits per heavy atom. The molecule has 0 aromatic heterocycles. The van der Waals surface area contributed by atoms with Crippen molar-refractivity contribution in [2.24, 2.45) is 0 Å². The van der Waals surface area contributed by atoms with Crippen LogP contribution >= 0.6 is 11.6 Å². The summed E-state index contributed by atoms with van der Waals surface area (Å²) in [4.78, 5) is 12.4. The fourth-order valence-corrected chi connectivity index (χ4v) is 1.74. The highest BCUT2D eigenvalue weighted by molar-refractivity contribution is 6.31. The molecule has 0 atom stereocenters. The van der Waals surface area contributed by atoms with Gasteiger partial charge < -0.3 is 14.7 Å². The molecule has 94 valence electrons. The second-order valence-corrected chi connectivity index (χ2v) is 4.21. The van der Waals surface area contributed by atoms with Gasteiger partial charge in [0.1, 0.15) is 5.75 Å². The van der Waals surface area contributed by atoms with Gasteiger partial charge >= 0.3 is 5.97 Å². The minimum Gasteiger partial charge on any atom is -0.496 e. The van der Waals surface area contributed by atoms with Crippen LogP contribution in [0.4, 0.5) is 0 Å². The summed E-state index contributed by atoms with van der Waals surface area (Å²) >= 11 is 6.09. The first kappa shape index (κ1) is 13.8. The normalized spacial score (nSPS) is 10.6. The molecule has 1 aromatic carbocycles. The van der Waals surface area contributed by atoms with Gasteiger partial charge in [0.15, 0.2) is 0 Å². The van der Waals surface area contributed by atoms with Gasteiger partial charge in [-0.25, -0.2) is 0 Å². The van der Waals surface area contributed by atoms with Crippen molar-refractivity contribution in [3.63, 3.8) is 0 Å². The summed E-state index contributed by atoms with van der Waals surface area (Å²) in [6.07, 6.45) is 0.114. The highest BCUT2D eigenvalue weighted by atomic mass is 35.5. The fourth-order valence-electron chi connectivity index (χ4n) is 1.52. The first-order valence-electron chi connectivity index (χ1n) is 5.26. The number of hydrogen-bond donors (Lipinski definition) is 1. The highest BCUT2D eigenvalue weighted by Crippen LogP contribution is 2.27. The number of halogens is 1. The number of ether oxygens (including phenoxy) is 1. The van der Waals surface area contributed by atoms with E-state index in [-0.39, 0.29) is 6.42 Å². The first-order chi connectivity index (χ1) is 8.04. The largest absolute Gasteiger partial charge is 0.496 e. The van der Waals surface area contributed by atoms with E-state index in [0.29, 0.717) is 18.1 Å². The van der Waals surface area contributed by atoms with Crippen molar-refractivity contribution < 1.29 is 14.6 Å². The van der Waals surface area contributed by atoms with Gasteiger partial charge in [-0.2, -0.15) is 0 Å². The van der Waals surface area contributed by atoms with E-state index in [1.165, 1.54) is 0 Å². The van der Waals surface area contributed by atoms with Gasteiger partial charge in [-0.05, 0) is 19.2 Å². The van der Waals surface area contributed by atoms with Crippen LogP contribution in [0, 0.1) is 0 Å². The number of nitrogens with zero attached hydrogens (tertiary/aromatic N) is 1. The van der Waals surface area contributed by atoms with E-state index in [1.807, 2.05) is 24.1 Å². The van der Waals surface area contributed by atoms with Crippen LogP contribution in [0.1, 0.15) is 12.0 Å². The van der Waals surface area contributed by atoms with Crippen LogP contribution in [0.5, 0.6) is 5.75 Å². The van der Waals surface area contributed by atoms with Crippen LogP contribution in [0.25, 0.3) is 0 Å². The number of hydrogen-bond acceptors (Lipinski definition) is 3. The minimum absolute atomic E-state index is 0.114. The quantitative estimate of drug-likeness (QED) is 0.849. The number of carboxylic acids is 1. The molecule has 17 heavy (non-hydrogen) atoms. The van der Waals surface area contributed by atoms with Crippen molar-refractivity contribution in [2.45, 2.75) is 13.0 Å². The molecule has 5 heteroatoms. The Balaban J connectivity index is 2.70. The fraction of sp³-hybridized carbons (Fsp3) is 0.417. The number of carbonyl (C=O) groups is 1. The van der Waals surface area contributed by atoms with Crippen LogP contribution in [-0.4, -0.2) is 36.7 Å². The molecular formula is C12H16ClNO3. The third kappa shape index (κ3) is 4.24. The summed E-state index contributed by atoms with van der Waals surface area (Å²) < 4.78 is 5.23. The van der Waals surface area contributed by atoms with E-state index in [4.69, 9.17) is 21.4 Å². The maximum atomic E-state index is 10.5. The van der Waals surface area contributed by atoms with Gasteiger partial charge in [-0.1, -0.05) is 17.7 Å². The molecular weight excluding hydrogens is 242 g/mol. The average molecular weight is 258 g/mol. The zero-order valence-electron chi connectivity index (χ0n) is 9.94. The van der Waals surface area contributed by atoms with Crippen LogP contribution in [-0.2, 0) is 11.3 Å². The average Bonchev–Trinajstić information content (AvgIpc) is 2.29. The van der Waals surface area contributed by atoms with Crippen molar-refractivity contribution in [1.82, 2.24) is 4.90 Å². The molecule has 0 bridgehead atoms. The number of rotatable bonds is 6. The SMILES string of the molecule is COc1cccc(Cl)c1CN(C)CCC(=O)O. The Bertz CT molecular complexity index is 395. The van der Waals surface area contributed by atoms with E-state index in [2.05, 4.69) is 0 Å². The van der Waals surface area contributed by atoms with Gasteiger partial charge in [0.05, 0.1) is 13.5 Å². The molecule has 0 spiro atoms. The predicted octanol–water partition coefficient (Wildman–Crippen LogP) is 2.26. The molecule has 0 radical (unpaired) electrons. The van der Waals surface area contributed by atoms with Crippen LogP contribution in [0.2, 0.25) is 5.02 Å². The van der Waals surface area contributed by atoms with Crippen molar-refractivity contribution in [3.05, 3.63) is 28.8 Å². The molecule has 0 unspecified atom stereocenters. The van der Waals surface area contributed by atoms with Crippen LogP contribution < -0.4 is 4.74 Å². The van der Waals surface area contributed by atoms with Gasteiger partial charge in [-0.3, -0.25) is 4.79 Å². The number of methoxy groups -OCH3 is 1. The minimum atomic E-state index is -0.803. The lowest BCUT2D eigenvalue weighted by Crippen LogP contribution is -2.21. The summed E-state index contributed by atoms with van der Waals surface area (Å²) in [5, 5.41) is 9.24. The Kier molecular flexibility index (Phi) is 5.25. The van der Waals surface area contributed by atoms with Crippen LogP contribution in [0.15, 0.2) is 18.2 Å². The molecule has 0 saturated carbocycles. The zero-order chi connectivity index (χ0) is 12.8. The summed E-state index contributed by atoms with van der Waals surface area (Å²) in [5.74, 6) is -0.0809. The standard InChI is InChI=1S/C12H16ClNO3/c1-14(7-6-12(15)16)8-9-10(13)4-3-5-11(9)17-2/h3-5H,6-8H2,1-2H3,(H,15,16). The summed E-state index contributed by atoms with van der Waals surface area (Å²) in [7, 11) is 3.44. The molecule has 1 rings (SSSR count). The second-order valence-electron chi connectivity index (χ2n) is 3.80. The van der Waals surface area contributed by atoms with E-state index in [1.54, 1.807) is 13.2 Å². The highest BCUT2D eigenvalue weighted by Gasteiger charge is 2.11. The molecule has 4 nitrogen and oxygen atoms in total. The Hall–Kier alpha value is -1.26. The van der Waals surface area contributed by atoms with Gasteiger partial charge in [0, 0.05) is 23.7 Å². The topological polar surface area (TPSA) is 49.8 Å². The number of benzene rings is 1. The molecule has 0 aliphatic heterocycles.